The highest BCUT2D eigenvalue weighted by Crippen LogP contribution is 2.44. The average Bonchev–Trinajstić information content (AvgIpc) is 2.30. The van der Waals surface area contributed by atoms with Gasteiger partial charge in [-0.25, -0.2) is 4.57 Å². The Bertz CT molecular complexity index is 336. The third-order valence-electron chi connectivity index (χ3n) is 4.54. The maximum Gasteiger partial charge on any atom is 0.169 e. The van der Waals surface area contributed by atoms with E-state index in [0.29, 0.717) is 11.5 Å². The van der Waals surface area contributed by atoms with Crippen LogP contribution in [0.3, 0.4) is 0 Å². The van der Waals surface area contributed by atoms with Gasteiger partial charge in [0.1, 0.15) is 0 Å². The maximum absolute atomic E-state index is 2.47. The topological polar surface area (TPSA) is 3.88 Å². The normalized spacial score (nSPS) is 28.8. The number of hydrogen-bond donors (Lipinski definition) is 0. The van der Waals surface area contributed by atoms with Gasteiger partial charge in [-0.3, -0.25) is 0 Å². The Morgan fingerprint density at radius 2 is 1.82 bits per heavy atom. The van der Waals surface area contributed by atoms with Crippen LogP contribution >= 0.6 is 0 Å². The highest BCUT2D eigenvalue weighted by atomic mass is 79.9. The van der Waals surface area contributed by atoms with Crippen LogP contribution in [0.4, 0.5) is 0 Å². The summed E-state index contributed by atoms with van der Waals surface area (Å²) in [5.74, 6) is 0.791. The molecule has 1 heterocycles. The largest absolute Gasteiger partial charge is 1.00 e. The molecule has 96 valence electrons. The number of aromatic nitrogens is 1. The average molecular weight is 298 g/mol. The summed E-state index contributed by atoms with van der Waals surface area (Å²) >= 11 is 0. The molecule has 2 rings (SSSR count). The second-order valence-corrected chi connectivity index (χ2v) is 5.88. The van der Waals surface area contributed by atoms with Gasteiger partial charge in [-0.2, -0.15) is 0 Å². The molecular weight excluding hydrogens is 274 g/mol. The van der Waals surface area contributed by atoms with E-state index in [9.17, 15) is 0 Å². The van der Waals surface area contributed by atoms with E-state index < -0.39 is 0 Å². The Kier molecular flexibility index (Phi) is 5.18. The molecule has 1 fully saturated rings. The van der Waals surface area contributed by atoms with Gasteiger partial charge in [-0.1, -0.05) is 26.8 Å². The van der Waals surface area contributed by atoms with E-state index in [0.717, 1.165) is 5.92 Å². The van der Waals surface area contributed by atoms with E-state index in [4.69, 9.17) is 0 Å². The summed E-state index contributed by atoms with van der Waals surface area (Å²) < 4.78 is 2.40. The van der Waals surface area contributed by atoms with E-state index in [1.165, 1.54) is 25.7 Å². The van der Waals surface area contributed by atoms with Crippen molar-refractivity contribution in [2.45, 2.75) is 52.5 Å². The van der Waals surface area contributed by atoms with Crippen molar-refractivity contribution in [2.24, 2.45) is 11.3 Å². The van der Waals surface area contributed by atoms with Crippen molar-refractivity contribution in [2.75, 3.05) is 0 Å². The van der Waals surface area contributed by atoms with E-state index >= 15 is 0 Å². The van der Waals surface area contributed by atoms with Crippen molar-refractivity contribution in [3.05, 3.63) is 30.6 Å². The molecule has 2 unspecified atom stereocenters. The zero-order chi connectivity index (χ0) is 11.6. The van der Waals surface area contributed by atoms with Gasteiger partial charge in [-0.05, 0) is 24.2 Å². The van der Waals surface area contributed by atoms with E-state index in [1.54, 1.807) is 0 Å². The second kappa shape index (κ2) is 5.99. The maximum atomic E-state index is 2.47. The van der Waals surface area contributed by atoms with Gasteiger partial charge in [0.15, 0.2) is 18.4 Å². The van der Waals surface area contributed by atoms with Gasteiger partial charge >= 0.3 is 0 Å². The van der Waals surface area contributed by atoms with Gasteiger partial charge in [0, 0.05) is 25.0 Å². The minimum absolute atomic E-state index is 0. The molecule has 1 aliphatic rings. The van der Waals surface area contributed by atoms with Gasteiger partial charge in [0.2, 0.25) is 0 Å². The summed E-state index contributed by atoms with van der Waals surface area (Å²) in [7, 11) is 0. The molecule has 1 nitrogen and oxygen atoms in total. The Balaban J connectivity index is 0.00000144. The molecule has 1 aromatic heterocycles. The minimum Gasteiger partial charge on any atom is -1.00 e. The lowest BCUT2D eigenvalue weighted by atomic mass is 9.67. The Labute approximate surface area is 116 Å². The quantitative estimate of drug-likeness (QED) is 0.710. The van der Waals surface area contributed by atoms with Crippen LogP contribution in [0, 0.1) is 11.3 Å². The number of rotatable bonds is 2. The monoisotopic (exact) mass is 297 g/mol. The first-order chi connectivity index (χ1) is 7.62. The van der Waals surface area contributed by atoms with Crippen LogP contribution in [0.5, 0.6) is 0 Å². The van der Waals surface area contributed by atoms with Crippen LogP contribution < -0.4 is 21.5 Å². The minimum atomic E-state index is 0. The van der Waals surface area contributed by atoms with Crippen molar-refractivity contribution in [1.29, 1.82) is 0 Å². The number of halogens is 1. The summed E-state index contributed by atoms with van der Waals surface area (Å²) in [6.45, 7) is 7.21. The molecule has 2 atom stereocenters. The number of nitrogens with zero attached hydrogens (tertiary/aromatic N) is 1. The Morgan fingerprint density at radius 3 is 2.41 bits per heavy atom. The molecule has 0 N–H and O–H groups in total. The molecule has 0 radical (unpaired) electrons. The molecule has 0 bridgehead atoms. The van der Waals surface area contributed by atoms with E-state index in [1.807, 2.05) is 0 Å². The zero-order valence-corrected chi connectivity index (χ0v) is 12.8. The first kappa shape index (κ1) is 14.7. The first-order valence-electron chi connectivity index (χ1n) is 6.57. The summed E-state index contributed by atoms with van der Waals surface area (Å²) in [5.41, 5.74) is 0.533. The highest BCUT2D eigenvalue weighted by molar-refractivity contribution is 4.87. The van der Waals surface area contributed by atoms with E-state index in [-0.39, 0.29) is 17.0 Å². The van der Waals surface area contributed by atoms with Crippen LogP contribution in [0.25, 0.3) is 0 Å². The fourth-order valence-electron chi connectivity index (χ4n) is 2.92. The smallest absolute Gasteiger partial charge is 0.169 e. The van der Waals surface area contributed by atoms with Crippen molar-refractivity contribution >= 4 is 0 Å². The lowest BCUT2D eigenvalue weighted by Gasteiger charge is -2.39. The highest BCUT2D eigenvalue weighted by Gasteiger charge is 2.38. The van der Waals surface area contributed by atoms with Crippen LogP contribution in [0.15, 0.2) is 30.6 Å². The lowest BCUT2D eigenvalue weighted by Crippen LogP contribution is -3.00. The molecule has 1 aromatic rings. The van der Waals surface area contributed by atoms with Gasteiger partial charge in [0.05, 0.1) is 0 Å². The molecule has 17 heavy (non-hydrogen) atoms. The fraction of sp³-hybridized carbons (Fsp3) is 0.667. The van der Waals surface area contributed by atoms with Crippen molar-refractivity contribution < 1.29 is 21.5 Å². The molecule has 0 amide bonds. The lowest BCUT2D eigenvalue weighted by molar-refractivity contribution is -0.728. The fourth-order valence-corrected chi connectivity index (χ4v) is 2.92. The van der Waals surface area contributed by atoms with Gasteiger partial charge in [0.25, 0.3) is 0 Å². The van der Waals surface area contributed by atoms with Crippen molar-refractivity contribution in [3.8, 4) is 0 Å². The predicted octanol–water partition coefficient (Wildman–Crippen LogP) is 0.755. The summed E-state index contributed by atoms with van der Waals surface area (Å²) in [6, 6.07) is 7.09. The first-order valence-corrected chi connectivity index (χ1v) is 6.57. The van der Waals surface area contributed by atoms with Crippen LogP contribution in [0.1, 0.15) is 52.5 Å². The molecule has 0 aromatic carbocycles. The van der Waals surface area contributed by atoms with Crippen LogP contribution in [0.2, 0.25) is 0 Å². The summed E-state index contributed by atoms with van der Waals surface area (Å²) in [5, 5.41) is 0. The Morgan fingerprint density at radius 1 is 1.18 bits per heavy atom. The number of pyridine rings is 1. The standard InChI is InChI=1S/C15H24N.BrH/c1-13(2)15(3)9-7-8-14(12-15)16-10-5-4-6-11-16;/h4-6,10-11,13-14H,7-9,12H2,1-3H3;1H/q+1;/p-1. The molecule has 0 aliphatic heterocycles. The molecule has 2 heteroatoms. The molecule has 1 aliphatic carbocycles. The third-order valence-corrected chi connectivity index (χ3v) is 4.54. The van der Waals surface area contributed by atoms with Gasteiger partial charge in [-0.15, -0.1) is 0 Å². The Hall–Kier alpha value is -0.370. The molecule has 1 saturated carbocycles. The molecule has 0 spiro atoms. The van der Waals surface area contributed by atoms with Crippen molar-refractivity contribution in [1.82, 2.24) is 0 Å². The predicted molar refractivity (Wildman–Crippen MR) is 67.1 cm³/mol. The number of hydrogen-bond acceptors (Lipinski definition) is 0. The SMILES string of the molecule is CC(C)C1(C)CCCC([n+]2ccccc2)C1.[Br-]. The van der Waals surface area contributed by atoms with Crippen LogP contribution in [-0.2, 0) is 0 Å². The van der Waals surface area contributed by atoms with Crippen molar-refractivity contribution in [3.63, 3.8) is 0 Å². The summed E-state index contributed by atoms with van der Waals surface area (Å²) in [4.78, 5) is 0. The molecule has 0 saturated heterocycles. The van der Waals surface area contributed by atoms with E-state index in [2.05, 4.69) is 55.9 Å². The van der Waals surface area contributed by atoms with Gasteiger partial charge < -0.3 is 17.0 Å². The molecular formula is C15H24BrN. The van der Waals surface area contributed by atoms with Crippen LogP contribution in [-0.4, -0.2) is 0 Å². The zero-order valence-electron chi connectivity index (χ0n) is 11.2. The summed E-state index contributed by atoms with van der Waals surface area (Å²) in [6.07, 6.45) is 9.89. The second-order valence-electron chi connectivity index (χ2n) is 5.88. The third kappa shape index (κ3) is 3.31.